The second-order valence-electron chi connectivity index (χ2n) is 6.07. The van der Waals surface area contributed by atoms with Crippen molar-refractivity contribution in [3.8, 4) is 10.6 Å². The second kappa shape index (κ2) is 7.65. The lowest BCUT2D eigenvalue weighted by Crippen LogP contribution is -2.26. The minimum absolute atomic E-state index is 0.0702. The van der Waals surface area contributed by atoms with Gasteiger partial charge in [0.25, 0.3) is 0 Å². The van der Waals surface area contributed by atoms with Crippen LogP contribution in [0.15, 0.2) is 52.7 Å². The molecule has 0 amide bonds. The smallest absolute Gasteiger partial charge is 0.240 e. The van der Waals surface area contributed by atoms with Crippen LogP contribution >= 0.6 is 11.3 Å². The summed E-state index contributed by atoms with van der Waals surface area (Å²) in [6.45, 7) is 3.82. The van der Waals surface area contributed by atoms with E-state index in [9.17, 15) is 12.8 Å². The van der Waals surface area contributed by atoms with E-state index in [0.29, 0.717) is 12.0 Å². The maximum atomic E-state index is 13.6. The molecule has 0 aliphatic heterocycles. The highest BCUT2D eigenvalue weighted by Gasteiger charge is 2.15. The van der Waals surface area contributed by atoms with Crippen molar-refractivity contribution in [2.75, 3.05) is 6.54 Å². The van der Waals surface area contributed by atoms with Crippen molar-refractivity contribution in [3.05, 3.63) is 70.5 Å². The largest absolute Gasteiger partial charge is 0.241 e. The standard InChI is InChI=1S/C19H19FN2O2S2/c1-13-3-6-15(7-4-13)19-22-16(12-25-19)9-10-21-26(23,24)17-8-5-14(2)18(20)11-17/h3-8,11-12,21H,9-10H2,1-2H3. The molecule has 3 rings (SSSR count). The highest BCUT2D eigenvalue weighted by Crippen LogP contribution is 2.24. The van der Waals surface area contributed by atoms with E-state index in [2.05, 4.69) is 9.71 Å². The van der Waals surface area contributed by atoms with Gasteiger partial charge >= 0.3 is 0 Å². The molecule has 1 aromatic heterocycles. The summed E-state index contributed by atoms with van der Waals surface area (Å²) in [4.78, 5) is 4.48. The Kier molecular flexibility index (Phi) is 5.50. The van der Waals surface area contributed by atoms with Gasteiger partial charge in [0.1, 0.15) is 10.8 Å². The van der Waals surface area contributed by atoms with Crippen LogP contribution in [0.25, 0.3) is 10.6 Å². The second-order valence-corrected chi connectivity index (χ2v) is 8.69. The first-order valence-electron chi connectivity index (χ1n) is 8.12. The number of benzene rings is 2. The fourth-order valence-electron chi connectivity index (χ4n) is 2.39. The first-order chi connectivity index (χ1) is 12.3. The number of thiazole rings is 1. The summed E-state index contributed by atoms with van der Waals surface area (Å²) in [6.07, 6.45) is 0.468. The highest BCUT2D eigenvalue weighted by atomic mass is 32.2. The Balaban J connectivity index is 1.62. The summed E-state index contributed by atoms with van der Waals surface area (Å²) in [5, 5.41) is 2.83. The molecule has 0 atom stereocenters. The normalized spacial score (nSPS) is 11.7. The van der Waals surface area contributed by atoms with E-state index in [-0.39, 0.29) is 11.4 Å². The van der Waals surface area contributed by atoms with Crippen LogP contribution in [0.1, 0.15) is 16.8 Å². The lowest BCUT2D eigenvalue weighted by Gasteiger charge is -2.07. The summed E-state index contributed by atoms with van der Waals surface area (Å²) in [5.74, 6) is -0.532. The van der Waals surface area contributed by atoms with E-state index in [1.807, 2.05) is 36.6 Å². The predicted octanol–water partition coefficient (Wildman–Crippen LogP) is 4.09. The van der Waals surface area contributed by atoms with Crippen LogP contribution in [0.5, 0.6) is 0 Å². The van der Waals surface area contributed by atoms with E-state index in [1.54, 1.807) is 6.92 Å². The first kappa shape index (κ1) is 18.7. The molecule has 136 valence electrons. The van der Waals surface area contributed by atoms with Crippen LogP contribution in [0, 0.1) is 19.7 Å². The number of hydrogen-bond acceptors (Lipinski definition) is 4. The molecule has 26 heavy (non-hydrogen) atoms. The van der Waals surface area contributed by atoms with Crippen molar-refractivity contribution in [2.24, 2.45) is 0 Å². The highest BCUT2D eigenvalue weighted by molar-refractivity contribution is 7.89. The quantitative estimate of drug-likeness (QED) is 0.690. The van der Waals surface area contributed by atoms with Crippen molar-refractivity contribution in [2.45, 2.75) is 25.2 Å². The fraction of sp³-hybridized carbons (Fsp3) is 0.211. The molecule has 1 N–H and O–H groups in total. The number of halogens is 1. The Hall–Kier alpha value is -2.09. The van der Waals surface area contributed by atoms with Gasteiger partial charge in [0.15, 0.2) is 0 Å². The summed E-state index contributed by atoms with van der Waals surface area (Å²) in [7, 11) is -3.73. The van der Waals surface area contributed by atoms with Gasteiger partial charge in [0, 0.05) is 23.9 Å². The molecule has 2 aromatic carbocycles. The van der Waals surface area contributed by atoms with Crippen molar-refractivity contribution in [1.82, 2.24) is 9.71 Å². The molecule has 4 nitrogen and oxygen atoms in total. The molecule has 0 unspecified atom stereocenters. The van der Waals surface area contributed by atoms with Crippen molar-refractivity contribution in [1.29, 1.82) is 0 Å². The van der Waals surface area contributed by atoms with Crippen LogP contribution in [0.4, 0.5) is 4.39 Å². The topological polar surface area (TPSA) is 59.1 Å². The van der Waals surface area contributed by atoms with E-state index < -0.39 is 15.8 Å². The predicted molar refractivity (Wildman–Crippen MR) is 102 cm³/mol. The number of nitrogens with zero attached hydrogens (tertiary/aromatic N) is 1. The van der Waals surface area contributed by atoms with Crippen molar-refractivity contribution in [3.63, 3.8) is 0 Å². The van der Waals surface area contributed by atoms with Gasteiger partial charge < -0.3 is 0 Å². The average Bonchev–Trinajstić information content (AvgIpc) is 3.06. The van der Waals surface area contributed by atoms with Crippen LogP contribution < -0.4 is 4.72 Å². The number of sulfonamides is 1. The summed E-state index contributed by atoms with van der Waals surface area (Å²) < 4.78 is 40.6. The summed E-state index contributed by atoms with van der Waals surface area (Å²) in [6, 6.07) is 12.0. The van der Waals surface area contributed by atoms with Gasteiger partial charge in [-0.25, -0.2) is 22.5 Å². The Morgan fingerprint density at radius 1 is 1.12 bits per heavy atom. The van der Waals surface area contributed by atoms with E-state index in [0.717, 1.165) is 22.3 Å². The molecule has 0 aliphatic carbocycles. The Morgan fingerprint density at radius 2 is 1.85 bits per heavy atom. The number of aromatic nitrogens is 1. The van der Waals surface area contributed by atoms with E-state index in [4.69, 9.17) is 0 Å². The number of hydrogen-bond donors (Lipinski definition) is 1. The molecule has 0 saturated carbocycles. The number of rotatable bonds is 6. The molecular formula is C19H19FN2O2S2. The lowest BCUT2D eigenvalue weighted by molar-refractivity contribution is 0.576. The Morgan fingerprint density at radius 3 is 2.54 bits per heavy atom. The SMILES string of the molecule is Cc1ccc(-c2nc(CCNS(=O)(=O)c3ccc(C)c(F)c3)cs2)cc1. The first-order valence-corrected chi connectivity index (χ1v) is 10.5. The molecule has 0 bridgehead atoms. The lowest BCUT2D eigenvalue weighted by atomic mass is 10.2. The molecular weight excluding hydrogens is 371 g/mol. The van der Waals surface area contributed by atoms with Crippen molar-refractivity contribution >= 4 is 21.4 Å². The Bertz CT molecular complexity index is 1010. The van der Waals surface area contributed by atoms with Gasteiger partial charge in [0.05, 0.1) is 10.6 Å². The number of nitrogens with one attached hydrogen (secondary N) is 1. The maximum absolute atomic E-state index is 13.6. The van der Waals surface area contributed by atoms with Gasteiger partial charge in [-0.05, 0) is 31.5 Å². The molecule has 0 aliphatic rings. The third kappa shape index (κ3) is 4.35. The summed E-state index contributed by atoms with van der Waals surface area (Å²) in [5.41, 5.74) is 3.47. The molecule has 0 fully saturated rings. The van der Waals surface area contributed by atoms with Crippen LogP contribution in [-0.2, 0) is 16.4 Å². The van der Waals surface area contributed by atoms with E-state index in [1.165, 1.54) is 29.0 Å². The zero-order valence-corrected chi connectivity index (χ0v) is 16.1. The molecule has 3 aromatic rings. The Labute approximate surface area is 156 Å². The van der Waals surface area contributed by atoms with Gasteiger partial charge in [-0.3, -0.25) is 0 Å². The monoisotopic (exact) mass is 390 g/mol. The van der Waals surface area contributed by atoms with Gasteiger partial charge in [-0.2, -0.15) is 0 Å². The zero-order chi connectivity index (χ0) is 18.7. The zero-order valence-electron chi connectivity index (χ0n) is 14.5. The third-order valence-corrected chi connectivity index (χ3v) is 6.38. The van der Waals surface area contributed by atoms with Crippen LogP contribution in [0.2, 0.25) is 0 Å². The molecule has 0 radical (unpaired) electrons. The molecule has 1 heterocycles. The molecule has 7 heteroatoms. The molecule has 0 spiro atoms. The maximum Gasteiger partial charge on any atom is 0.240 e. The minimum atomic E-state index is -3.73. The van der Waals surface area contributed by atoms with Crippen LogP contribution in [-0.4, -0.2) is 19.9 Å². The van der Waals surface area contributed by atoms with Gasteiger partial charge in [0.2, 0.25) is 10.0 Å². The summed E-state index contributed by atoms with van der Waals surface area (Å²) >= 11 is 1.53. The minimum Gasteiger partial charge on any atom is -0.241 e. The van der Waals surface area contributed by atoms with Gasteiger partial charge in [-0.1, -0.05) is 35.9 Å². The van der Waals surface area contributed by atoms with Crippen molar-refractivity contribution < 1.29 is 12.8 Å². The number of aryl methyl sites for hydroxylation is 2. The molecule has 0 saturated heterocycles. The van der Waals surface area contributed by atoms with Gasteiger partial charge in [-0.15, -0.1) is 11.3 Å². The average molecular weight is 391 g/mol. The third-order valence-electron chi connectivity index (χ3n) is 3.98. The van der Waals surface area contributed by atoms with Crippen LogP contribution in [0.3, 0.4) is 0 Å². The fourth-order valence-corrected chi connectivity index (χ4v) is 4.29. The van der Waals surface area contributed by atoms with E-state index >= 15 is 0 Å².